The summed E-state index contributed by atoms with van der Waals surface area (Å²) in [7, 11) is -3.16. The van der Waals surface area contributed by atoms with Crippen molar-refractivity contribution < 1.29 is 13.2 Å². The van der Waals surface area contributed by atoms with E-state index in [0.29, 0.717) is 19.7 Å². The van der Waals surface area contributed by atoms with E-state index >= 15 is 0 Å². The summed E-state index contributed by atoms with van der Waals surface area (Å²) >= 11 is 0. The predicted octanol–water partition coefficient (Wildman–Crippen LogP) is 2.06. The maximum Gasteiger partial charge on any atom is 0.216 e. The van der Waals surface area contributed by atoms with Gasteiger partial charge in [-0.1, -0.05) is 30.3 Å². The molecular formula is C15H23NO3S. The van der Waals surface area contributed by atoms with Gasteiger partial charge in [0.25, 0.3) is 0 Å². The van der Waals surface area contributed by atoms with Crippen LogP contribution in [0.15, 0.2) is 30.3 Å². The molecule has 0 spiro atoms. The Bertz CT molecular complexity index is 513. The SMILES string of the molecule is CC(C)S(=O)(=O)N1CCOC(CCc2ccccc2)C1. The van der Waals surface area contributed by atoms with Crippen LogP contribution < -0.4 is 0 Å². The van der Waals surface area contributed by atoms with Gasteiger partial charge in [-0.3, -0.25) is 0 Å². The van der Waals surface area contributed by atoms with Crippen LogP contribution in [0.5, 0.6) is 0 Å². The molecule has 1 heterocycles. The largest absolute Gasteiger partial charge is 0.375 e. The fourth-order valence-electron chi connectivity index (χ4n) is 2.37. The van der Waals surface area contributed by atoms with Gasteiger partial charge in [0.1, 0.15) is 0 Å². The number of nitrogens with zero attached hydrogens (tertiary/aromatic N) is 1. The minimum atomic E-state index is -3.16. The molecule has 0 bridgehead atoms. The molecule has 0 aliphatic carbocycles. The molecule has 1 unspecified atom stereocenters. The second kappa shape index (κ2) is 6.70. The molecule has 0 saturated carbocycles. The Morgan fingerprint density at radius 3 is 2.65 bits per heavy atom. The Hall–Kier alpha value is -0.910. The third-order valence-electron chi connectivity index (χ3n) is 3.65. The summed E-state index contributed by atoms with van der Waals surface area (Å²) in [5, 5.41) is -0.365. The smallest absolute Gasteiger partial charge is 0.216 e. The van der Waals surface area contributed by atoms with E-state index in [1.165, 1.54) is 5.56 Å². The van der Waals surface area contributed by atoms with Crippen molar-refractivity contribution in [2.24, 2.45) is 0 Å². The maximum absolute atomic E-state index is 12.2. The van der Waals surface area contributed by atoms with Gasteiger partial charge in [0.2, 0.25) is 10.0 Å². The van der Waals surface area contributed by atoms with Gasteiger partial charge in [-0.2, -0.15) is 4.31 Å². The molecule has 4 nitrogen and oxygen atoms in total. The normalized spacial score (nSPS) is 21.2. The summed E-state index contributed by atoms with van der Waals surface area (Å²) in [4.78, 5) is 0. The summed E-state index contributed by atoms with van der Waals surface area (Å²) < 4.78 is 31.6. The molecule has 1 aromatic rings. The van der Waals surface area contributed by atoms with E-state index < -0.39 is 10.0 Å². The standard InChI is InChI=1S/C15H23NO3S/c1-13(2)20(17,18)16-10-11-19-15(12-16)9-8-14-6-4-3-5-7-14/h3-7,13,15H,8-12H2,1-2H3. The highest BCUT2D eigenvalue weighted by atomic mass is 32.2. The lowest BCUT2D eigenvalue weighted by Gasteiger charge is -2.33. The highest BCUT2D eigenvalue weighted by Crippen LogP contribution is 2.17. The van der Waals surface area contributed by atoms with Crippen LogP contribution in [0.25, 0.3) is 0 Å². The van der Waals surface area contributed by atoms with E-state index in [4.69, 9.17) is 4.74 Å². The fraction of sp³-hybridized carbons (Fsp3) is 0.600. The highest BCUT2D eigenvalue weighted by molar-refractivity contribution is 7.89. The van der Waals surface area contributed by atoms with Crippen LogP contribution in [-0.2, 0) is 21.2 Å². The molecule has 0 radical (unpaired) electrons. The Morgan fingerprint density at radius 1 is 1.30 bits per heavy atom. The molecule has 0 aromatic heterocycles. The van der Waals surface area contributed by atoms with Crippen molar-refractivity contribution in [1.82, 2.24) is 4.31 Å². The molecule has 112 valence electrons. The number of morpholine rings is 1. The van der Waals surface area contributed by atoms with E-state index in [9.17, 15) is 8.42 Å². The topological polar surface area (TPSA) is 46.6 Å². The number of hydrogen-bond donors (Lipinski definition) is 0. The van der Waals surface area contributed by atoms with E-state index in [-0.39, 0.29) is 11.4 Å². The number of hydrogen-bond acceptors (Lipinski definition) is 3. The molecule has 20 heavy (non-hydrogen) atoms. The number of sulfonamides is 1. The maximum atomic E-state index is 12.2. The van der Waals surface area contributed by atoms with Gasteiger partial charge < -0.3 is 4.74 Å². The molecule has 1 aromatic carbocycles. The zero-order valence-electron chi connectivity index (χ0n) is 12.2. The van der Waals surface area contributed by atoms with Gasteiger partial charge in [0.15, 0.2) is 0 Å². The molecular weight excluding hydrogens is 274 g/mol. The average Bonchev–Trinajstić information content (AvgIpc) is 2.46. The molecule has 1 atom stereocenters. The summed E-state index contributed by atoms with van der Waals surface area (Å²) in [5.74, 6) is 0. The zero-order chi connectivity index (χ0) is 14.6. The summed E-state index contributed by atoms with van der Waals surface area (Å²) in [6.45, 7) is 4.90. The third-order valence-corrected chi connectivity index (χ3v) is 5.90. The first-order chi connectivity index (χ1) is 9.50. The van der Waals surface area contributed by atoms with Crippen molar-refractivity contribution in [2.75, 3.05) is 19.7 Å². The van der Waals surface area contributed by atoms with Crippen LogP contribution >= 0.6 is 0 Å². The summed E-state index contributed by atoms with van der Waals surface area (Å²) in [6.07, 6.45) is 1.77. The van der Waals surface area contributed by atoms with Crippen molar-refractivity contribution in [2.45, 2.75) is 38.0 Å². The number of benzene rings is 1. The molecule has 2 rings (SSSR count). The highest BCUT2D eigenvalue weighted by Gasteiger charge is 2.31. The molecule has 1 saturated heterocycles. The molecule has 1 fully saturated rings. The minimum absolute atomic E-state index is 0.00233. The van der Waals surface area contributed by atoms with E-state index in [2.05, 4.69) is 12.1 Å². The quantitative estimate of drug-likeness (QED) is 0.836. The predicted molar refractivity (Wildman–Crippen MR) is 80.1 cm³/mol. The van der Waals surface area contributed by atoms with Crippen LogP contribution in [0.4, 0.5) is 0 Å². The van der Waals surface area contributed by atoms with Crippen LogP contribution in [0, 0.1) is 0 Å². The molecule has 0 N–H and O–H groups in total. The second-order valence-electron chi connectivity index (χ2n) is 5.47. The monoisotopic (exact) mass is 297 g/mol. The van der Waals surface area contributed by atoms with Gasteiger partial charge in [-0.05, 0) is 32.3 Å². The van der Waals surface area contributed by atoms with Crippen molar-refractivity contribution >= 4 is 10.0 Å². The first kappa shape index (κ1) is 15.5. The zero-order valence-corrected chi connectivity index (χ0v) is 13.0. The summed E-state index contributed by atoms with van der Waals surface area (Å²) in [6, 6.07) is 10.2. The van der Waals surface area contributed by atoms with Crippen molar-refractivity contribution in [3.63, 3.8) is 0 Å². The molecule has 1 aliphatic heterocycles. The van der Waals surface area contributed by atoms with Gasteiger partial charge in [-0.15, -0.1) is 0 Å². The Labute approximate surface area is 121 Å². The fourth-order valence-corrected chi connectivity index (χ4v) is 3.67. The van der Waals surface area contributed by atoms with E-state index in [1.807, 2.05) is 18.2 Å². The second-order valence-corrected chi connectivity index (χ2v) is 7.96. The van der Waals surface area contributed by atoms with Crippen LogP contribution in [0.3, 0.4) is 0 Å². The van der Waals surface area contributed by atoms with Gasteiger partial charge in [0, 0.05) is 13.1 Å². The lowest BCUT2D eigenvalue weighted by molar-refractivity contribution is -0.00544. The Kier molecular flexibility index (Phi) is 5.18. The van der Waals surface area contributed by atoms with E-state index in [1.54, 1.807) is 18.2 Å². The molecule has 0 amide bonds. The first-order valence-corrected chi connectivity index (χ1v) is 8.65. The van der Waals surface area contributed by atoms with Crippen LogP contribution in [0.1, 0.15) is 25.8 Å². The minimum Gasteiger partial charge on any atom is -0.375 e. The average molecular weight is 297 g/mol. The first-order valence-electron chi connectivity index (χ1n) is 7.14. The Balaban J connectivity index is 1.91. The molecule has 1 aliphatic rings. The number of ether oxygens (including phenoxy) is 1. The van der Waals surface area contributed by atoms with Crippen molar-refractivity contribution in [3.05, 3.63) is 35.9 Å². The summed E-state index contributed by atoms with van der Waals surface area (Å²) in [5.41, 5.74) is 1.26. The number of aryl methyl sites for hydroxylation is 1. The number of rotatable bonds is 5. The van der Waals surface area contributed by atoms with Crippen molar-refractivity contribution in [1.29, 1.82) is 0 Å². The lowest BCUT2D eigenvalue weighted by Crippen LogP contribution is -2.47. The van der Waals surface area contributed by atoms with E-state index in [0.717, 1.165) is 12.8 Å². The Morgan fingerprint density at radius 2 is 2.00 bits per heavy atom. The third kappa shape index (κ3) is 3.81. The van der Waals surface area contributed by atoms with Gasteiger partial charge >= 0.3 is 0 Å². The van der Waals surface area contributed by atoms with Crippen LogP contribution in [-0.4, -0.2) is 43.8 Å². The van der Waals surface area contributed by atoms with Crippen LogP contribution in [0.2, 0.25) is 0 Å². The lowest BCUT2D eigenvalue weighted by atomic mass is 10.1. The van der Waals surface area contributed by atoms with Gasteiger partial charge in [-0.25, -0.2) is 8.42 Å². The molecule has 5 heteroatoms. The van der Waals surface area contributed by atoms with Crippen molar-refractivity contribution in [3.8, 4) is 0 Å². The van der Waals surface area contributed by atoms with Gasteiger partial charge in [0.05, 0.1) is 18.0 Å².